The molecule has 0 radical (unpaired) electrons. The lowest BCUT2D eigenvalue weighted by Crippen LogP contribution is -2.23. The number of unbranched alkanes of at least 4 members (excludes halogenated alkanes) is 6. The number of rotatable bonds is 12. The third-order valence-corrected chi connectivity index (χ3v) is 2.90. The van der Waals surface area contributed by atoms with E-state index >= 15 is 0 Å². The zero-order chi connectivity index (χ0) is 13.6. The van der Waals surface area contributed by atoms with E-state index in [4.69, 9.17) is 5.11 Å². The van der Waals surface area contributed by atoms with Gasteiger partial charge in [-0.1, -0.05) is 39.0 Å². The monoisotopic (exact) mass is 257 g/mol. The van der Waals surface area contributed by atoms with Crippen LogP contribution in [0.25, 0.3) is 0 Å². The summed E-state index contributed by atoms with van der Waals surface area (Å²) in [6.45, 7) is 2.88. The van der Waals surface area contributed by atoms with Crippen molar-refractivity contribution in [2.24, 2.45) is 0 Å². The minimum Gasteiger partial charge on any atom is -0.481 e. The summed E-state index contributed by atoms with van der Waals surface area (Å²) in [6, 6.07) is 0. The summed E-state index contributed by atoms with van der Waals surface area (Å²) >= 11 is 0. The highest BCUT2D eigenvalue weighted by molar-refractivity contribution is 5.75. The fourth-order valence-corrected chi connectivity index (χ4v) is 1.78. The van der Waals surface area contributed by atoms with Gasteiger partial charge in [-0.15, -0.1) is 0 Å². The van der Waals surface area contributed by atoms with Gasteiger partial charge in [0.05, 0.1) is 0 Å². The van der Waals surface area contributed by atoms with E-state index in [9.17, 15) is 9.59 Å². The van der Waals surface area contributed by atoms with Crippen LogP contribution in [0.3, 0.4) is 0 Å². The molecule has 0 unspecified atom stereocenters. The van der Waals surface area contributed by atoms with Gasteiger partial charge in [0.1, 0.15) is 0 Å². The second kappa shape index (κ2) is 12.4. The van der Waals surface area contributed by atoms with Crippen LogP contribution in [0.5, 0.6) is 0 Å². The van der Waals surface area contributed by atoms with Gasteiger partial charge in [-0.3, -0.25) is 9.59 Å². The van der Waals surface area contributed by atoms with Crippen LogP contribution >= 0.6 is 0 Å². The van der Waals surface area contributed by atoms with Gasteiger partial charge in [-0.2, -0.15) is 0 Å². The van der Waals surface area contributed by atoms with Gasteiger partial charge in [0.25, 0.3) is 0 Å². The second-order valence-electron chi connectivity index (χ2n) is 4.72. The average Bonchev–Trinajstić information content (AvgIpc) is 2.33. The fourth-order valence-electron chi connectivity index (χ4n) is 1.78. The van der Waals surface area contributed by atoms with Crippen LogP contribution in [0.15, 0.2) is 0 Å². The fraction of sp³-hybridized carbons (Fsp3) is 0.857. The lowest BCUT2D eigenvalue weighted by Gasteiger charge is -2.04. The number of amides is 1. The Bertz CT molecular complexity index is 229. The Hall–Kier alpha value is -1.06. The van der Waals surface area contributed by atoms with Crippen molar-refractivity contribution in [3.8, 4) is 0 Å². The van der Waals surface area contributed by atoms with Crippen LogP contribution in [0.2, 0.25) is 0 Å². The van der Waals surface area contributed by atoms with E-state index in [2.05, 4.69) is 12.2 Å². The highest BCUT2D eigenvalue weighted by Crippen LogP contribution is 2.03. The van der Waals surface area contributed by atoms with E-state index in [1.807, 2.05) is 0 Å². The Morgan fingerprint density at radius 1 is 0.889 bits per heavy atom. The smallest absolute Gasteiger partial charge is 0.303 e. The van der Waals surface area contributed by atoms with Crippen molar-refractivity contribution >= 4 is 11.9 Å². The molecule has 0 saturated carbocycles. The molecule has 0 rings (SSSR count). The SMILES string of the molecule is CCCCCCC(=O)NCCCCCCC(=O)O. The molecule has 106 valence electrons. The van der Waals surface area contributed by atoms with E-state index < -0.39 is 5.97 Å². The van der Waals surface area contributed by atoms with Gasteiger partial charge in [-0.25, -0.2) is 0 Å². The third-order valence-electron chi connectivity index (χ3n) is 2.90. The predicted molar refractivity (Wildman–Crippen MR) is 72.5 cm³/mol. The standard InChI is InChI=1S/C14H27NO3/c1-2-3-4-7-10-13(16)15-12-9-6-5-8-11-14(17)18/h2-12H2,1H3,(H,15,16)(H,17,18). The molecule has 0 aromatic rings. The first-order valence-electron chi connectivity index (χ1n) is 7.15. The molecule has 0 aliphatic carbocycles. The number of carbonyl (C=O) groups excluding carboxylic acids is 1. The molecule has 18 heavy (non-hydrogen) atoms. The van der Waals surface area contributed by atoms with Crippen molar-refractivity contribution in [3.63, 3.8) is 0 Å². The van der Waals surface area contributed by atoms with Crippen LogP contribution in [-0.2, 0) is 9.59 Å². The first-order valence-corrected chi connectivity index (χ1v) is 7.15. The van der Waals surface area contributed by atoms with Gasteiger partial charge < -0.3 is 10.4 Å². The minimum atomic E-state index is -0.726. The number of carboxylic acid groups (broad SMARTS) is 1. The summed E-state index contributed by atoms with van der Waals surface area (Å²) in [5, 5.41) is 11.4. The molecule has 4 nitrogen and oxygen atoms in total. The molecular weight excluding hydrogens is 230 g/mol. The summed E-state index contributed by atoms with van der Waals surface area (Å²) in [7, 11) is 0. The lowest BCUT2D eigenvalue weighted by molar-refractivity contribution is -0.137. The number of carboxylic acids is 1. The van der Waals surface area contributed by atoms with E-state index in [1.165, 1.54) is 12.8 Å². The molecule has 0 atom stereocenters. The van der Waals surface area contributed by atoms with Gasteiger partial charge in [0.15, 0.2) is 0 Å². The zero-order valence-corrected chi connectivity index (χ0v) is 11.5. The summed E-state index contributed by atoms with van der Waals surface area (Å²) < 4.78 is 0. The van der Waals surface area contributed by atoms with E-state index in [-0.39, 0.29) is 12.3 Å². The number of carbonyl (C=O) groups is 2. The molecule has 2 N–H and O–H groups in total. The Kier molecular flexibility index (Phi) is 11.7. The maximum atomic E-state index is 11.4. The zero-order valence-electron chi connectivity index (χ0n) is 11.5. The topological polar surface area (TPSA) is 66.4 Å². The molecule has 0 heterocycles. The van der Waals surface area contributed by atoms with Gasteiger partial charge in [0, 0.05) is 19.4 Å². The molecule has 0 aliphatic heterocycles. The summed E-state index contributed by atoms with van der Waals surface area (Å²) in [5.74, 6) is -0.577. The first kappa shape index (κ1) is 16.9. The van der Waals surface area contributed by atoms with Crippen molar-refractivity contribution < 1.29 is 14.7 Å². The lowest BCUT2D eigenvalue weighted by atomic mass is 10.1. The summed E-state index contributed by atoms with van der Waals surface area (Å²) in [4.78, 5) is 21.7. The van der Waals surface area contributed by atoms with E-state index in [0.717, 1.165) is 45.1 Å². The molecule has 0 spiro atoms. The molecular formula is C14H27NO3. The van der Waals surface area contributed by atoms with E-state index in [1.54, 1.807) is 0 Å². The van der Waals surface area contributed by atoms with Crippen molar-refractivity contribution in [1.29, 1.82) is 0 Å². The van der Waals surface area contributed by atoms with Crippen LogP contribution in [-0.4, -0.2) is 23.5 Å². The van der Waals surface area contributed by atoms with Crippen LogP contribution in [0.4, 0.5) is 0 Å². The second-order valence-corrected chi connectivity index (χ2v) is 4.72. The maximum Gasteiger partial charge on any atom is 0.303 e. The van der Waals surface area contributed by atoms with Crippen LogP contribution < -0.4 is 5.32 Å². The predicted octanol–water partition coefficient (Wildman–Crippen LogP) is 3.11. The van der Waals surface area contributed by atoms with Crippen LogP contribution in [0.1, 0.15) is 71.1 Å². The average molecular weight is 257 g/mol. The third kappa shape index (κ3) is 13.0. The Morgan fingerprint density at radius 2 is 1.50 bits per heavy atom. The molecule has 0 aromatic carbocycles. The van der Waals surface area contributed by atoms with E-state index in [0.29, 0.717) is 6.42 Å². The first-order chi connectivity index (χ1) is 8.66. The normalized spacial score (nSPS) is 10.3. The molecule has 0 aromatic heterocycles. The molecule has 4 heteroatoms. The summed E-state index contributed by atoms with van der Waals surface area (Å²) in [5.41, 5.74) is 0. The summed E-state index contributed by atoms with van der Waals surface area (Å²) in [6.07, 6.45) is 9.01. The molecule has 0 saturated heterocycles. The van der Waals surface area contributed by atoms with Crippen LogP contribution in [0, 0.1) is 0 Å². The van der Waals surface area contributed by atoms with Crippen molar-refractivity contribution in [2.45, 2.75) is 71.1 Å². The highest BCUT2D eigenvalue weighted by Gasteiger charge is 2.00. The highest BCUT2D eigenvalue weighted by atomic mass is 16.4. The quantitative estimate of drug-likeness (QED) is 0.528. The molecule has 0 fully saturated rings. The number of aliphatic carboxylic acids is 1. The molecule has 0 bridgehead atoms. The Labute approximate surface area is 110 Å². The van der Waals surface area contributed by atoms with Crippen molar-refractivity contribution in [2.75, 3.05) is 6.54 Å². The molecule has 1 amide bonds. The van der Waals surface area contributed by atoms with Gasteiger partial charge >= 0.3 is 5.97 Å². The van der Waals surface area contributed by atoms with Crippen molar-refractivity contribution in [3.05, 3.63) is 0 Å². The Morgan fingerprint density at radius 3 is 2.17 bits per heavy atom. The minimum absolute atomic E-state index is 0.150. The largest absolute Gasteiger partial charge is 0.481 e. The number of hydrogen-bond acceptors (Lipinski definition) is 2. The number of hydrogen-bond donors (Lipinski definition) is 2. The van der Waals surface area contributed by atoms with Gasteiger partial charge in [0.2, 0.25) is 5.91 Å². The van der Waals surface area contributed by atoms with Gasteiger partial charge in [-0.05, 0) is 19.3 Å². The maximum absolute atomic E-state index is 11.4. The number of nitrogens with one attached hydrogen (secondary N) is 1. The Balaban J connectivity index is 3.17. The molecule has 0 aliphatic rings. The van der Waals surface area contributed by atoms with Crippen molar-refractivity contribution in [1.82, 2.24) is 5.32 Å².